The van der Waals surface area contributed by atoms with Crippen molar-refractivity contribution in [2.45, 2.75) is 57.2 Å². The second-order valence-electron chi connectivity index (χ2n) is 7.57. The maximum atomic E-state index is 13.0. The van der Waals surface area contributed by atoms with E-state index in [0.29, 0.717) is 6.04 Å². The standard InChI is InChI=1S/C15H24N2O2/c1-14(2)12-11(5-6-19-12)15(14,16)13(18)17-8-9-3-4-10(17)7-9/h9-12H,3-8,16H2,1-2H3. The minimum Gasteiger partial charge on any atom is -0.377 e. The Balaban J connectivity index is 1.62. The lowest BCUT2D eigenvalue weighted by Crippen LogP contribution is -2.80. The van der Waals surface area contributed by atoms with Crippen LogP contribution in [-0.4, -0.2) is 41.6 Å². The summed E-state index contributed by atoms with van der Waals surface area (Å²) in [5.41, 5.74) is 5.72. The van der Waals surface area contributed by atoms with Gasteiger partial charge in [0.15, 0.2) is 0 Å². The number of rotatable bonds is 1. The second kappa shape index (κ2) is 3.53. The number of ether oxygens (including phenoxy) is 1. The van der Waals surface area contributed by atoms with Crippen LogP contribution in [0.15, 0.2) is 0 Å². The molecule has 4 nitrogen and oxygen atoms in total. The number of carbonyl (C=O) groups is 1. The van der Waals surface area contributed by atoms with Crippen LogP contribution in [-0.2, 0) is 9.53 Å². The zero-order valence-electron chi connectivity index (χ0n) is 11.9. The van der Waals surface area contributed by atoms with Crippen molar-refractivity contribution in [3.8, 4) is 0 Å². The van der Waals surface area contributed by atoms with Gasteiger partial charge in [0.25, 0.3) is 0 Å². The van der Waals surface area contributed by atoms with Gasteiger partial charge in [0.05, 0.1) is 6.10 Å². The molecule has 0 spiro atoms. The van der Waals surface area contributed by atoms with Crippen molar-refractivity contribution < 1.29 is 9.53 Å². The van der Waals surface area contributed by atoms with Crippen molar-refractivity contribution >= 4 is 5.91 Å². The molecular formula is C15H24N2O2. The number of piperidine rings is 1. The van der Waals surface area contributed by atoms with Crippen LogP contribution in [0.25, 0.3) is 0 Å². The van der Waals surface area contributed by atoms with E-state index < -0.39 is 5.54 Å². The van der Waals surface area contributed by atoms with Crippen molar-refractivity contribution in [2.24, 2.45) is 23.0 Å². The highest BCUT2D eigenvalue weighted by Gasteiger charge is 2.72. The predicted molar refractivity (Wildman–Crippen MR) is 71.4 cm³/mol. The third-order valence-corrected chi connectivity index (χ3v) is 6.48. The molecule has 0 aromatic carbocycles. The molecule has 2 bridgehead atoms. The number of likely N-dealkylation sites (tertiary alicyclic amines) is 1. The Morgan fingerprint density at radius 2 is 2.11 bits per heavy atom. The molecule has 0 aromatic heterocycles. The van der Waals surface area contributed by atoms with Gasteiger partial charge in [-0.25, -0.2) is 0 Å². The van der Waals surface area contributed by atoms with E-state index in [2.05, 4.69) is 18.7 Å². The van der Waals surface area contributed by atoms with Gasteiger partial charge in [0, 0.05) is 30.5 Å². The molecule has 2 aliphatic carbocycles. The Morgan fingerprint density at radius 3 is 2.74 bits per heavy atom. The smallest absolute Gasteiger partial charge is 0.243 e. The van der Waals surface area contributed by atoms with Gasteiger partial charge in [-0.15, -0.1) is 0 Å². The molecule has 4 aliphatic rings. The quantitative estimate of drug-likeness (QED) is 0.772. The molecule has 2 N–H and O–H groups in total. The van der Waals surface area contributed by atoms with E-state index in [0.717, 1.165) is 25.5 Å². The highest BCUT2D eigenvalue weighted by molar-refractivity contribution is 5.90. The molecule has 2 saturated carbocycles. The van der Waals surface area contributed by atoms with E-state index in [1.54, 1.807) is 0 Å². The van der Waals surface area contributed by atoms with Crippen LogP contribution < -0.4 is 5.73 Å². The van der Waals surface area contributed by atoms with Gasteiger partial charge in [-0.3, -0.25) is 4.79 Å². The van der Waals surface area contributed by atoms with E-state index in [-0.39, 0.29) is 23.3 Å². The molecule has 1 amide bonds. The zero-order chi connectivity index (χ0) is 13.4. The lowest BCUT2D eigenvalue weighted by Gasteiger charge is -2.61. The molecule has 19 heavy (non-hydrogen) atoms. The fourth-order valence-corrected chi connectivity index (χ4v) is 5.23. The Morgan fingerprint density at radius 1 is 1.32 bits per heavy atom. The molecule has 0 aromatic rings. The largest absolute Gasteiger partial charge is 0.377 e. The summed E-state index contributed by atoms with van der Waals surface area (Å²) in [7, 11) is 0. The fourth-order valence-electron chi connectivity index (χ4n) is 5.23. The Labute approximate surface area is 114 Å². The summed E-state index contributed by atoms with van der Waals surface area (Å²) in [6.07, 6.45) is 4.80. The molecule has 5 unspecified atom stereocenters. The van der Waals surface area contributed by atoms with Gasteiger partial charge in [-0.1, -0.05) is 13.8 Å². The molecule has 4 heteroatoms. The molecule has 4 rings (SSSR count). The second-order valence-corrected chi connectivity index (χ2v) is 7.57. The van der Waals surface area contributed by atoms with E-state index >= 15 is 0 Å². The Hall–Kier alpha value is -0.610. The summed E-state index contributed by atoms with van der Waals surface area (Å²) >= 11 is 0. The van der Waals surface area contributed by atoms with Gasteiger partial charge in [0.1, 0.15) is 5.54 Å². The molecule has 0 radical (unpaired) electrons. The first kappa shape index (κ1) is 12.2. The normalized spacial score (nSPS) is 50.2. The number of carbonyl (C=O) groups excluding carboxylic acids is 1. The van der Waals surface area contributed by atoms with E-state index in [1.165, 1.54) is 19.3 Å². The number of hydrogen-bond donors (Lipinski definition) is 1. The summed E-state index contributed by atoms with van der Waals surface area (Å²) < 4.78 is 5.79. The van der Waals surface area contributed by atoms with E-state index in [1.807, 2.05) is 0 Å². The van der Waals surface area contributed by atoms with Crippen LogP contribution in [0.2, 0.25) is 0 Å². The van der Waals surface area contributed by atoms with Crippen LogP contribution in [0.3, 0.4) is 0 Å². The van der Waals surface area contributed by atoms with Gasteiger partial charge >= 0.3 is 0 Å². The Kier molecular flexibility index (Phi) is 2.26. The molecular weight excluding hydrogens is 240 g/mol. The van der Waals surface area contributed by atoms with Gasteiger partial charge in [-0.05, 0) is 31.6 Å². The van der Waals surface area contributed by atoms with Crippen molar-refractivity contribution in [3.05, 3.63) is 0 Å². The third kappa shape index (κ3) is 1.25. The van der Waals surface area contributed by atoms with Crippen LogP contribution >= 0.6 is 0 Å². The highest BCUT2D eigenvalue weighted by Crippen LogP contribution is 2.59. The first-order chi connectivity index (χ1) is 8.96. The summed E-state index contributed by atoms with van der Waals surface area (Å²) in [5.74, 6) is 1.17. The maximum Gasteiger partial charge on any atom is 0.243 e. The van der Waals surface area contributed by atoms with Crippen molar-refractivity contribution in [1.82, 2.24) is 4.90 Å². The SMILES string of the molecule is CC1(C)C2OCCC2C1(N)C(=O)N1CC2CCC1C2. The molecule has 106 valence electrons. The maximum absolute atomic E-state index is 13.0. The summed E-state index contributed by atoms with van der Waals surface area (Å²) in [6.45, 7) is 5.91. The monoisotopic (exact) mass is 264 g/mol. The number of amides is 1. The Bertz CT molecular complexity index is 436. The molecule has 2 saturated heterocycles. The lowest BCUT2D eigenvalue weighted by atomic mass is 9.47. The van der Waals surface area contributed by atoms with Gasteiger partial charge in [0.2, 0.25) is 5.91 Å². The van der Waals surface area contributed by atoms with Gasteiger partial charge in [-0.2, -0.15) is 0 Å². The molecule has 2 aliphatic heterocycles. The summed E-state index contributed by atoms with van der Waals surface area (Å²) in [6, 6.07) is 0.468. The fraction of sp³-hybridized carbons (Fsp3) is 0.933. The van der Waals surface area contributed by atoms with Crippen molar-refractivity contribution in [3.63, 3.8) is 0 Å². The summed E-state index contributed by atoms with van der Waals surface area (Å²) in [5, 5.41) is 0. The van der Waals surface area contributed by atoms with E-state index in [9.17, 15) is 4.79 Å². The molecule has 2 heterocycles. The molecule has 4 fully saturated rings. The summed E-state index contributed by atoms with van der Waals surface area (Å²) in [4.78, 5) is 15.1. The van der Waals surface area contributed by atoms with Crippen LogP contribution in [0.4, 0.5) is 0 Å². The first-order valence-corrected chi connectivity index (χ1v) is 7.68. The van der Waals surface area contributed by atoms with E-state index in [4.69, 9.17) is 10.5 Å². The average molecular weight is 264 g/mol. The molecule has 5 atom stereocenters. The van der Waals surface area contributed by atoms with Crippen molar-refractivity contribution in [1.29, 1.82) is 0 Å². The first-order valence-electron chi connectivity index (χ1n) is 7.68. The highest BCUT2D eigenvalue weighted by atomic mass is 16.5. The zero-order valence-corrected chi connectivity index (χ0v) is 11.9. The topological polar surface area (TPSA) is 55.6 Å². The van der Waals surface area contributed by atoms with Crippen molar-refractivity contribution in [2.75, 3.05) is 13.2 Å². The third-order valence-electron chi connectivity index (χ3n) is 6.48. The van der Waals surface area contributed by atoms with Crippen LogP contribution in [0.1, 0.15) is 39.5 Å². The number of nitrogens with two attached hydrogens (primary N) is 1. The minimum atomic E-state index is -0.696. The van der Waals surface area contributed by atoms with Crippen LogP contribution in [0.5, 0.6) is 0 Å². The van der Waals surface area contributed by atoms with Gasteiger partial charge < -0.3 is 15.4 Å². The predicted octanol–water partition coefficient (Wildman–Crippen LogP) is 1.14. The number of hydrogen-bond acceptors (Lipinski definition) is 3. The number of fused-ring (bicyclic) bond motifs is 3. The minimum absolute atomic E-state index is 0.182. The lowest BCUT2D eigenvalue weighted by molar-refractivity contribution is -0.185. The van der Waals surface area contributed by atoms with Crippen LogP contribution in [0, 0.1) is 17.3 Å². The average Bonchev–Trinajstić information content (AvgIpc) is 3.10. The number of nitrogens with zero attached hydrogens (tertiary/aromatic N) is 1.